The van der Waals surface area contributed by atoms with Crippen molar-refractivity contribution in [2.75, 3.05) is 19.6 Å². The normalized spacial score (nSPS) is 33.4. The van der Waals surface area contributed by atoms with Crippen molar-refractivity contribution in [3.05, 3.63) is 0 Å². The number of piperidine rings is 2. The second-order valence-electron chi connectivity index (χ2n) is 6.64. The van der Waals surface area contributed by atoms with Gasteiger partial charge >= 0.3 is 0 Å². The molecule has 3 rings (SSSR count). The van der Waals surface area contributed by atoms with Crippen LogP contribution in [0, 0.1) is 11.3 Å². The Bertz CT molecular complexity index is 394. The van der Waals surface area contributed by atoms with Crippen LogP contribution in [-0.4, -0.2) is 41.5 Å². The van der Waals surface area contributed by atoms with Gasteiger partial charge < -0.3 is 16.0 Å². The molecule has 2 saturated heterocycles. The predicted molar refractivity (Wildman–Crippen MR) is 78.8 cm³/mol. The number of nitrogens with zero attached hydrogens (tertiary/aromatic N) is 1. The maximum atomic E-state index is 11.4. The van der Waals surface area contributed by atoms with Gasteiger partial charge in [-0.1, -0.05) is 12.2 Å². The zero-order valence-electron chi connectivity index (χ0n) is 11.4. The Morgan fingerprint density at radius 3 is 2.95 bits per heavy atom. The van der Waals surface area contributed by atoms with Crippen LogP contribution in [-0.2, 0) is 4.79 Å². The monoisotopic (exact) mass is 281 g/mol. The number of carbonyl (C=O) groups excluding carboxylic acids is 1. The SMILES string of the molecule is NC(=S)CC1(CN2CCC3NC(=O)CCC3C2)CC1. The van der Waals surface area contributed by atoms with E-state index in [4.69, 9.17) is 18.0 Å². The molecule has 0 aromatic heterocycles. The van der Waals surface area contributed by atoms with Crippen LogP contribution in [0.1, 0.15) is 38.5 Å². The van der Waals surface area contributed by atoms with E-state index in [2.05, 4.69) is 10.2 Å². The molecule has 0 aromatic carbocycles. The highest BCUT2D eigenvalue weighted by Crippen LogP contribution is 2.49. The number of hydrogen-bond acceptors (Lipinski definition) is 3. The number of carbonyl (C=O) groups is 1. The Kier molecular flexibility index (Phi) is 3.52. The summed E-state index contributed by atoms with van der Waals surface area (Å²) in [6.07, 6.45) is 6.29. The van der Waals surface area contributed by atoms with Crippen molar-refractivity contribution >= 4 is 23.1 Å². The van der Waals surface area contributed by atoms with Gasteiger partial charge in [-0.25, -0.2) is 0 Å². The lowest BCUT2D eigenvalue weighted by molar-refractivity contribution is -0.125. The molecule has 5 heteroatoms. The summed E-state index contributed by atoms with van der Waals surface area (Å²) in [4.78, 5) is 14.6. The van der Waals surface area contributed by atoms with Crippen LogP contribution in [0.15, 0.2) is 0 Å². The van der Waals surface area contributed by atoms with Crippen molar-refractivity contribution in [2.24, 2.45) is 17.1 Å². The molecular weight excluding hydrogens is 258 g/mol. The van der Waals surface area contributed by atoms with E-state index in [1.807, 2.05) is 0 Å². The van der Waals surface area contributed by atoms with Gasteiger partial charge in [0.05, 0.1) is 4.99 Å². The third-order valence-corrected chi connectivity index (χ3v) is 5.12. The van der Waals surface area contributed by atoms with Crippen LogP contribution >= 0.6 is 12.2 Å². The van der Waals surface area contributed by atoms with Gasteiger partial charge in [0.25, 0.3) is 0 Å². The minimum Gasteiger partial charge on any atom is -0.393 e. The summed E-state index contributed by atoms with van der Waals surface area (Å²) in [5.74, 6) is 0.883. The lowest BCUT2D eigenvalue weighted by Crippen LogP contribution is -2.54. The smallest absolute Gasteiger partial charge is 0.220 e. The highest BCUT2D eigenvalue weighted by molar-refractivity contribution is 7.80. The number of nitrogens with two attached hydrogens (primary N) is 1. The molecule has 19 heavy (non-hydrogen) atoms. The number of nitrogens with one attached hydrogen (secondary N) is 1. The molecule has 1 saturated carbocycles. The zero-order chi connectivity index (χ0) is 13.5. The molecule has 1 aliphatic carbocycles. The maximum Gasteiger partial charge on any atom is 0.220 e. The number of amides is 1. The number of hydrogen-bond donors (Lipinski definition) is 2. The molecular formula is C14H23N3OS. The Labute approximate surface area is 120 Å². The Hall–Kier alpha value is -0.680. The molecule has 4 nitrogen and oxygen atoms in total. The highest BCUT2D eigenvalue weighted by Gasteiger charge is 2.45. The van der Waals surface area contributed by atoms with Crippen LogP contribution in [0.2, 0.25) is 0 Å². The molecule has 0 bridgehead atoms. The molecule has 0 aromatic rings. The zero-order valence-corrected chi connectivity index (χ0v) is 12.2. The van der Waals surface area contributed by atoms with Crippen LogP contribution < -0.4 is 11.1 Å². The van der Waals surface area contributed by atoms with E-state index in [1.165, 1.54) is 12.8 Å². The van der Waals surface area contributed by atoms with Crippen LogP contribution in [0.5, 0.6) is 0 Å². The Morgan fingerprint density at radius 1 is 1.47 bits per heavy atom. The summed E-state index contributed by atoms with van der Waals surface area (Å²) >= 11 is 5.07. The van der Waals surface area contributed by atoms with Crippen molar-refractivity contribution in [1.29, 1.82) is 0 Å². The summed E-state index contributed by atoms with van der Waals surface area (Å²) in [7, 11) is 0. The molecule has 2 aliphatic heterocycles. The second kappa shape index (κ2) is 5.02. The molecule has 2 unspecified atom stereocenters. The first-order chi connectivity index (χ1) is 9.06. The van der Waals surface area contributed by atoms with E-state index >= 15 is 0 Å². The maximum absolute atomic E-state index is 11.4. The molecule has 1 amide bonds. The van der Waals surface area contributed by atoms with Crippen LogP contribution in [0.3, 0.4) is 0 Å². The number of fused-ring (bicyclic) bond motifs is 1. The molecule has 2 heterocycles. The summed E-state index contributed by atoms with van der Waals surface area (Å²) in [5, 5.41) is 3.14. The van der Waals surface area contributed by atoms with E-state index in [9.17, 15) is 4.79 Å². The first-order valence-electron chi connectivity index (χ1n) is 7.36. The minimum atomic E-state index is 0.238. The molecule has 106 valence electrons. The topological polar surface area (TPSA) is 58.4 Å². The lowest BCUT2D eigenvalue weighted by Gasteiger charge is -2.42. The third-order valence-electron chi connectivity index (χ3n) is 4.97. The largest absolute Gasteiger partial charge is 0.393 e. The van der Waals surface area contributed by atoms with E-state index in [1.54, 1.807) is 0 Å². The number of likely N-dealkylation sites (tertiary alicyclic amines) is 1. The quantitative estimate of drug-likeness (QED) is 0.756. The van der Waals surface area contributed by atoms with Gasteiger partial charge in [-0.2, -0.15) is 0 Å². The lowest BCUT2D eigenvalue weighted by atomic mass is 9.84. The highest BCUT2D eigenvalue weighted by atomic mass is 32.1. The van der Waals surface area contributed by atoms with Crippen molar-refractivity contribution in [1.82, 2.24) is 10.2 Å². The van der Waals surface area contributed by atoms with Gasteiger partial charge in [0.1, 0.15) is 0 Å². The fraction of sp³-hybridized carbons (Fsp3) is 0.857. The Balaban J connectivity index is 1.54. The molecule has 2 atom stereocenters. The molecule has 0 radical (unpaired) electrons. The van der Waals surface area contributed by atoms with E-state index < -0.39 is 0 Å². The van der Waals surface area contributed by atoms with Gasteiger partial charge in [-0.15, -0.1) is 0 Å². The van der Waals surface area contributed by atoms with Crippen molar-refractivity contribution < 1.29 is 4.79 Å². The standard InChI is InChI=1S/C14H23N3OS/c15-12(19)7-14(4-5-14)9-17-6-3-11-10(8-17)1-2-13(18)16-11/h10-11H,1-9H2,(H2,15,19)(H,16,18). The third kappa shape index (κ3) is 3.08. The van der Waals surface area contributed by atoms with E-state index in [-0.39, 0.29) is 5.91 Å². The van der Waals surface area contributed by atoms with Crippen molar-refractivity contribution in [3.8, 4) is 0 Å². The second-order valence-corrected chi connectivity index (χ2v) is 7.16. The van der Waals surface area contributed by atoms with Gasteiger partial charge in [-0.3, -0.25) is 4.79 Å². The first-order valence-corrected chi connectivity index (χ1v) is 7.77. The fourth-order valence-electron chi connectivity index (χ4n) is 3.74. The summed E-state index contributed by atoms with van der Waals surface area (Å²) in [5.41, 5.74) is 6.10. The number of thiocarbonyl (C=S) groups is 1. The van der Waals surface area contributed by atoms with Crippen molar-refractivity contribution in [3.63, 3.8) is 0 Å². The van der Waals surface area contributed by atoms with E-state index in [0.29, 0.717) is 28.8 Å². The molecule has 3 N–H and O–H groups in total. The van der Waals surface area contributed by atoms with Crippen molar-refractivity contribution in [2.45, 2.75) is 44.6 Å². The van der Waals surface area contributed by atoms with Gasteiger partial charge in [-0.05, 0) is 37.0 Å². The average molecular weight is 281 g/mol. The van der Waals surface area contributed by atoms with Gasteiger partial charge in [0, 0.05) is 38.5 Å². The molecule has 0 spiro atoms. The van der Waals surface area contributed by atoms with E-state index in [0.717, 1.165) is 38.9 Å². The van der Waals surface area contributed by atoms with Gasteiger partial charge in [0.2, 0.25) is 5.91 Å². The summed E-state index contributed by atoms with van der Waals surface area (Å²) in [6, 6.07) is 0.420. The predicted octanol–water partition coefficient (Wildman–Crippen LogP) is 1.04. The summed E-state index contributed by atoms with van der Waals surface area (Å²) in [6.45, 7) is 3.37. The summed E-state index contributed by atoms with van der Waals surface area (Å²) < 4.78 is 0. The average Bonchev–Trinajstić information content (AvgIpc) is 3.08. The first kappa shape index (κ1) is 13.3. The molecule has 3 aliphatic rings. The van der Waals surface area contributed by atoms with Gasteiger partial charge in [0.15, 0.2) is 0 Å². The van der Waals surface area contributed by atoms with Crippen LogP contribution in [0.25, 0.3) is 0 Å². The number of rotatable bonds is 4. The minimum absolute atomic E-state index is 0.238. The Morgan fingerprint density at radius 2 is 2.26 bits per heavy atom. The van der Waals surface area contributed by atoms with Crippen LogP contribution in [0.4, 0.5) is 0 Å². The molecule has 3 fully saturated rings. The fourth-order valence-corrected chi connectivity index (χ4v) is 4.05.